The van der Waals surface area contributed by atoms with E-state index in [0.29, 0.717) is 12.2 Å². The molecule has 0 aromatic carbocycles. The van der Waals surface area contributed by atoms with Crippen molar-refractivity contribution in [3.63, 3.8) is 0 Å². The molecule has 1 aliphatic rings. The number of hydrogen-bond donors (Lipinski definition) is 0. The van der Waals surface area contributed by atoms with Gasteiger partial charge in [-0.2, -0.15) is 15.2 Å². The zero-order chi connectivity index (χ0) is 10.1. The molecule has 1 aromatic heterocycles. The second-order valence-corrected chi connectivity index (χ2v) is 3.25. The summed E-state index contributed by atoms with van der Waals surface area (Å²) >= 11 is 0. The summed E-state index contributed by atoms with van der Waals surface area (Å²) in [5.74, 6) is 0.429. The van der Waals surface area contributed by atoms with Gasteiger partial charge in [-0.3, -0.25) is 4.79 Å². The number of amides is 1. The summed E-state index contributed by atoms with van der Waals surface area (Å²) in [6.45, 7) is 3.66. The second kappa shape index (κ2) is 3.17. The molecule has 0 saturated heterocycles. The molecule has 5 nitrogen and oxygen atoms in total. The zero-order valence-electron chi connectivity index (χ0n) is 8.06. The van der Waals surface area contributed by atoms with Crippen molar-refractivity contribution in [3.05, 3.63) is 17.8 Å². The van der Waals surface area contributed by atoms with Crippen molar-refractivity contribution >= 4 is 17.4 Å². The standard InChI is InChI=1S/C9H10N4O/c1-6-3-4-8(11-10-6)13-9(14)5-7(2)12-13/h3-4H,5H2,1-2H3. The van der Waals surface area contributed by atoms with Crippen LogP contribution in [0, 0.1) is 6.92 Å². The van der Waals surface area contributed by atoms with E-state index >= 15 is 0 Å². The molecule has 0 unspecified atom stereocenters. The van der Waals surface area contributed by atoms with Gasteiger partial charge in [0.1, 0.15) is 0 Å². The lowest BCUT2D eigenvalue weighted by Crippen LogP contribution is -2.21. The molecule has 2 rings (SSSR count). The molecule has 0 atom stereocenters. The number of aromatic nitrogens is 2. The first-order valence-electron chi connectivity index (χ1n) is 4.34. The van der Waals surface area contributed by atoms with Crippen molar-refractivity contribution in [1.29, 1.82) is 0 Å². The number of nitrogens with zero attached hydrogens (tertiary/aromatic N) is 4. The summed E-state index contributed by atoms with van der Waals surface area (Å²) in [4.78, 5) is 11.4. The average Bonchev–Trinajstić information content (AvgIpc) is 2.47. The van der Waals surface area contributed by atoms with Gasteiger partial charge in [-0.1, -0.05) is 0 Å². The van der Waals surface area contributed by atoms with Gasteiger partial charge in [0, 0.05) is 5.71 Å². The molecule has 72 valence electrons. The minimum atomic E-state index is -0.0550. The summed E-state index contributed by atoms with van der Waals surface area (Å²) in [6, 6.07) is 3.54. The maximum absolute atomic E-state index is 11.4. The number of rotatable bonds is 1. The Morgan fingerprint density at radius 1 is 1.29 bits per heavy atom. The smallest absolute Gasteiger partial charge is 0.254 e. The van der Waals surface area contributed by atoms with Crippen molar-refractivity contribution in [2.75, 3.05) is 5.01 Å². The van der Waals surface area contributed by atoms with E-state index in [9.17, 15) is 4.79 Å². The highest BCUT2D eigenvalue weighted by atomic mass is 16.2. The molecule has 0 radical (unpaired) electrons. The van der Waals surface area contributed by atoms with Crippen LogP contribution in [0.5, 0.6) is 0 Å². The fraction of sp³-hybridized carbons (Fsp3) is 0.333. The molecule has 0 N–H and O–H groups in total. The Hall–Kier alpha value is -1.78. The zero-order valence-corrected chi connectivity index (χ0v) is 8.06. The van der Waals surface area contributed by atoms with E-state index < -0.39 is 0 Å². The lowest BCUT2D eigenvalue weighted by molar-refractivity contribution is -0.116. The van der Waals surface area contributed by atoms with Gasteiger partial charge in [-0.15, -0.1) is 5.10 Å². The molecule has 0 bridgehead atoms. The van der Waals surface area contributed by atoms with Gasteiger partial charge >= 0.3 is 0 Å². The molecular weight excluding hydrogens is 180 g/mol. The van der Waals surface area contributed by atoms with Crippen LogP contribution < -0.4 is 5.01 Å². The van der Waals surface area contributed by atoms with Crippen LogP contribution in [-0.4, -0.2) is 21.8 Å². The minimum Gasteiger partial charge on any atom is -0.272 e. The van der Waals surface area contributed by atoms with Crippen LogP contribution in [0.25, 0.3) is 0 Å². The van der Waals surface area contributed by atoms with E-state index in [-0.39, 0.29) is 5.91 Å². The predicted molar refractivity (Wildman–Crippen MR) is 52.0 cm³/mol. The molecule has 1 amide bonds. The van der Waals surface area contributed by atoms with Crippen molar-refractivity contribution in [2.24, 2.45) is 5.10 Å². The van der Waals surface area contributed by atoms with Gasteiger partial charge in [-0.25, -0.2) is 0 Å². The first-order valence-corrected chi connectivity index (χ1v) is 4.34. The highest BCUT2D eigenvalue weighted by Crippen LogP contribution is 2.16. The van der Waals surface area contributed by atoms with E-state index in [0.717, 1.165) is 11.4 Å². The Kier molecular flexibility index (Phi) is 1.99. The van der Waals surface area contributed by atoms with Crippen LogP contribution in [0.4, 0.5) is 5.82 Å². The van der Waals surface area contributed by atoms with Crippen LogP contribution in [0.1, 0.15) is 19.0 Å². The van der Waals surface area contributed by atoms with Crippen molar-refractivity contribution in [1.82, 2.24) is 10.2 Å². The average molecular weight is 190 g/mol. The van der Waals surface area contributed by atoms with Crippen LogP contribution >= 0.6 is 0 Å². The molecule has 5 heteroatoms. The largest absolute Gasteiger partial charge is 0.272 e. The highest BCUT2D eigenvalue weighted by Gasteiger charge is 2.23. The third-order valence-electron chi connectivity index (χ3n) is 1.91. The topological polar surface area (TPSA) is 58.5 Å². The highest BCUT2D eigenvalue weighted by molar-refractivity contribution is 6.11. The minimum absolute atomic E-state index is 0.0550. The Morgan fingerprint density at radius 3 is 2.57 bits per heavy atom. The van der Waals surface area contributed by atoms with Crippen LogP contribution in [0.3, 0.4) is 0 Å². The SMILES string of the molecule is CC1=NN(c2ccc(C)nn2)C(=O)C1. The van der Waals surface area contributed by atoms with Gasteiger partial charge in [0.15, 0.2) is 5.82 Å². The lowest BCUT2D eigenvalue weighted by atomic mass is 10.3. The summed E-state index contributed by atoms with van der Waals surface area (Å²) in [7, 11) is 0. The molecule has 0 spiro atoms. The molecular formula is C9H10N4O. The molecule has 14 heavy (non-hydrogen) atoms. The molecule has 0 fully saturated rings. The lowest BCUT2D eigenvalue weighted by Gasteiger charge is -2.08. The monoisotopic (exact) mass is 190 g/mol. The maximum Gasteiger partial charge on any atom is 0.254 e. The Labute approximate surface area is 81.4 Å². The molecule has 1 aliphatic heterocycles. The van der Waals surface area contributed by atoms with E-state index in [1.807, 2.05) is 13.8 Å². The number of carbonyl (C=O) groups excluding carboxylic acids is 1. The Balaban J connectivity index is 2.32. The summed E-state index contributed by atoms with van der Waals surface area (Å²) in [5.41, 5.74) is 1.62. The number of hydrogen-bond acceptors (Lipinski definition) is 4. The summed E-state index contributed by atoms with van der Waals surface area (Å²) in [5, 5.41) is 13.1. The third-order valence-corrected chi connectivity index (χ3v) is 1.91. The molecule has 1 aromatic rings. The molecule has 0 aliphatic carbocycles. The summed E-state index contributed by atoms with van der Waals surface area (Å²) < 4.78 is 0. The normalized spacial score (nSPS) is 16.0. The van der Waals surface area contributed by atoms with Crippen molar-refractivity contribution < 1.29 is 4.79 Å². The van der Waals surface area contributed by atoms with E-state index in [4.69, 9.17) is 0 Å². The molecule has 2 heterocycles. The quantitative estimate of drug-likeness (QED) is 0.661. The number of anilines is 1. The Morgan fingerprint density at radius 2 is 2.07 bits per heavy atom. The van der Waals surface area contributed by atoms with Gasteiger partial charge in [0.2, 0.25) is 0 Å². The molecule has 0 saturated carbocycles. The van der Waals surface area contributed by atoms with Gasteiger partial charge in [0.25, 0.3) is 5.91 Å². The van der Waals surface area contributed by atoms with E-state index in [1.165, 1.54) is 5.01 Å². The van der Waals surface area contributed by atoms with Crippen LogP contribution in [0.2, 0.25) is 0 Å². The fourth-order valence-corrected chi connectivity index (χ4v) is 1.24. The predicted octanol–water partition coefficient (Wildman–Crippen LogP) is 0.898. The van der Waals surface area contributed by atoms with Gasteiger partial charge in [-0.05, 0) is 26.0 Å². The first kappa shape index (κ1) is 8.80. The number of carbonyl (C=O) groups is 1. The van der Waals surface area contributed by atoms with Crippen LogP contribution in [-0.2, 0) is 4.79 Å². The second-order valence-electron chi connectivity index (χ2n) is 3.25. The fourth-order valence-electron chi connectivity index (χ4n) is 1.24. The van der Waals surface area contributed by atoms with Crippen molar-refractivity contribution in [2.45, 2.75) is 20.3 Å². The Bertz CT molecular complexity index is 396. The van der Waals surface area contributed by atoms with E-state index in [1.54, 1.807) is 12.1 Å². The van der Waals surface area contributed by atoms with Crippen LogP contribution in [0.15, 0.2) is 17.2 Å². The first-order chi connectivity index (χ1) is 6.66. The van der Waals surface area contributed by atoms with Gasteiger partial charge < -0.3 is 0 Å². The third kappa shape index (κ3) is 1.48. The number of aryl methyl sites for hydroxylation is 1. The van der Waals surface area contributed by atoms with Gasteiger partial charge in [0.05, 0.1) is 12.1 Å². The number of hydrazone groups is 1. The van der Waals surface area contributed by atoms with E-state index in [2.05, 4.69) is 15.3 Å². The van der Waals surface area contributed by atoms with Crippen molar-refractivity contribution in [3.8, 4) is 0 Å². The summed E-state index contributed by atoms with van der Waals surface area (Å²) in [6.07, 6.45) is 0.371. The maximum atomic E-state index is 11.4.